The summed E-state index contributed by atoms with van der Waals surface area (Å²) in [4.78, 5) is 18.3. The van der Waals surface area contributed by atoms with Gasteiger partial charge in [-0.25, -0.2) is 4.98 Å². The molecular weight excluding hydrogens is 228 g/mol. The van der Waals surface area contributed by atoms with E-state index in [1.54, 1.807) is 18.3 Å². The number of nitrogen functional groups attached to an aromatic ring is 1. The van der Waals surface area contributed by atoms with Crippen LogP contribution in [0.25, 0.3) is 0 Å². The van der Waals surface area contributed by atoms with Crippen LogP contribution < -0.4 is 11.3 Å². The van der Waals surface area contributed by atoms with Crippen molar-refractivity contribution in [1.82, 2.24) is 9.88 Å². The lowest BCUT2D eigenvalue weighted by atomic mass is 10.1. The molecule has 1 amide bonds. The largest absolute Gasteiger partial charge is 0.335 e. The molecule has 5 heteroatoms. The standard InChI is InChI=1S/C13H22N4O/c1-9(2)8-17(10(3)4)13(18)12-6-5-11(16-14)7-15-12/h5-7,9-10,16H,8,14H2,1-4H3. The molecule has 100 valence electrons. The summed E-state index contributed by atoms with van der Waals surface area (Å²) in [6.45, 7) is 8.94. The second kappa shape index (κ2) is 6.35. The van der Waals surface area contributed by atoms with Crippen LogP contribution in [0.4, 0.5) is 5.69 Å². The van der Waals surface area contributed by atoms with Crippen LogP contribution in [0.5, 0.6) is 0 Å². The SMILES string of the molecule is CC(C)CN(C(=O)c1ccc(NN)cn1)C(C)C. The van der Waals surface area contributed by atoms with E-state index >= 15 is 0 Å². The van der Waals surface area contributed by atoms with Gasteiger partial charge in [0, 0.05) is 12.6 Å². The average molecular weight is 250 g/mol. The molecule has 1 aromatic heterocycles. The van der Waals surface area contributed by atoms with E-state index in [-0.39, 0.29) is 11.9 Å². The summed E-state index contributed by atoms with van der Waals surface area (Å²) in [5.74, 6) is 5.66. The second-order valence-electron chi connectivity index (χ2n) is 5.02. The van der Waals surface area contributed by atoms with Gasteiger partial charge in [-0.3, -0.25) is 10.6 Å². The molecule has 0 aliphatic rings. The predicted molar refractivity (Wildman–Crippen MR) is 73.1 cm³/mol. The van der Waals surface area contributed by atoms with Gasteiger partial charge in [0.15, 0.2) is 0 Å². The van der Waals surface area contributed by atoms with Crippen LogP contribution in [0, 0.1) is 5.92 Å². The molecule has 0 saturated heterocycles. The Morgan fingerprint density at radius 2 is 2.06 bits per heavy atom. The number of hydrogen-bond donors (Lipinski definition) is 2. The van der Waals surface area contributed by atoms with E-state index in [0.29, 0.717) is 17.3 Å². The lowest BCUT2D eigenvalue weighted by Crippen LogP contribution is -2.39. The summed E-state index contributed by atoms with van der Waals surface area (Å²) >= 11 is 0. The molecule has 0 atom stereocenters. The van der Waals surface area contributed by atoms with Crippen molar-refractivity contribution in [2.24, 2.45) is 11.8 Å². The molecule has 18 heavy (non-hydrogen) atoms. The summed E-state index contributed by atoms with van der Waals surface area (Å²) in [6.07, 6.45) is 1.56. The average Bonchev–Trinajstić information content (AvgIpc) is 2.34. The van der Waals surface area contributed by atoms with Crippen LogP contribution in [-0.4, -0.2) is 28.4 Å². The first-order valence-corrected chi connectivity index (χ1v) is 6.19. The number of hydrazine groups is 1. The Hall–Kier alpha value is -1.62. The van der Waals surface area contributed by atoms with Gasteiger partial charge in [-0.05, 0) is 31.9 Å². The smallest absolute Gasteiger partial charge is 0.272 e. The quantitative estimate of drug-likeness (QED) is 0.618. The topological polar surface area (TPSA) is 71.2 Å². The van der Waals surface area contributed by atoms with Crippen molar-refractivity contribution < 1.29 is 4.79 Å². The van der Waals surface area contributed by atoms with Gasteiger partial charge in [-0.2, -0.15) is 0 Å². The van der Waals surface area contributed by atoms with Gasteiger partial charge in [0.1, 0.15) is 5.69 Å². The number of carbonyl (C=O) groups excluding carboxylic acids is 1. The minimum absolute atomic E-state index is 0.0396. The molecule has 5 nitrogen and oxygen atoms in total. The zero-order chi connectivity index (χ0) is 13.7. The van der Waals surface area contributed by atoms with E-state index in [4.69, 9.17) is 5.84 Å². The lowest BCUT2D eigenvalue weighted by Gasteiger charge is -2.28. The third-order valence-corrected chi connectivity index (χ3v) is 2.60. The Kier molecular flexibility index (Phi) is 5.09. The predicted octanol–water partition coefficient (Wildman–Crippen LogP) is 1.87. The van der Waals surface area contributed by atoms with Crippen LogP contribution in [-0.2, 0) is 0 Å². The van der Waals surface area contributed by atoms with Gasteiger partial charge in [-0.1, -0.05) is 13.8 Å². The molecule has 1 rings (SSSR count). The molecule has 1 heterocycles. The molecule has 3 N–H and O–H groups in total. The first-order valence-electron chi connectivity index (χ1n) is 6.19. The summed E-state index contributed by atoms with van der Waals surface area (Å²) in [5.41, 5.74) is 3.62. The Labute approximate surface area is 108 Å². The summed E-state index contributed by atoms with van der Waals surface area (Å²) in [5, 5.41) is 0. The van der Waals surface area contributed by atoms with E-state index in [9.17, 15) is 4.79 Å². The molecule has 0 aliphatic carbocycles. The van der Waals surface area contributed by atoms with E-state index in [2.05, 4.69) is 24.3 Å². The highest BCUT2D eigenvalue weighted by molar-refractivity contribution is 5.92. The highest BCUT2D eigenvalue weighted by Crippen LogP contribution is 2.11. The van der Waals surface area contributed by atoms with E-state index in [0.717, 1.165) is 6.54 Å². The first kappa shape index (κ1) is 14.4. The van der Waals surface area contributed by atoms with Crippen molar-refractivity contribution in [3.63, 3.8) is 0 Å². The van der Waals surface area contributed by atoms with E-state index in [1.807, 2.05) is 18.7 Å². The third kappa shape index (κ3) is 3.70. The minimum atomic E-state index is -0.0396. The molecule has 1 aromatic rings. The second-order valence-corrected chi connectivity index (χ2v) is 5.02. The normalized spacial score (nSPS) is 10.8. The van der Waals surface area contributed by atoms with Crippen LogP contribution in [0.2, 0.25) is 0 Å². The summed E-state index contributed by atoms with van der Waals surface area (Å²) < 4.78 is 0. The van der Waals surface area contributed by atoms with Crippen LogP contribution in [0.1, 0.15) is 38.2 Å². The fraction of sp³-hybridized carbons (Fsp3) is 0.538. The molecule has 0 radical (unpaired) electrons. The number of nitrogens with zero attached hydrogens (tertiary/aromatic N) is 2. The molecule has 0 aromatic carbocycles. The maximum absolute atomic E-state index is 12.3. The van der Waals surface area contributed by atoms with Gasteiger partial charge < -0.3 is 10.3 Å². The van der Waals surface area contributed by atoms with Crippen LogP contribution >= 0.6 is 0 Å². The van der Waals surface area contributed by atoms with Crippen molar-refractivity contribution in [1.29, 1.82) is 0 Å². The van der Waals surface area contributed by atoms with Crippen molar-refractivity contribution in [2.45, 2.75) is 33.7 Å². The number of nitrogens with one attached hydrogen (secondary N) is 1. The number of hydrogen-bond acceptors (Lipinski definition) is 4. The number of nitrogens with two attached hydrogens (primary N) is 1. The molecule has 0 fully saturated rings. The number of rotatable bonds is 5. The molecule has 0 saturated carbocycles. The van der Waals surface area contributed by atoms with Gasteiger partial charge in [0.2, 0.25) is 0 Å². The maximum atomic E-state index is 12.3. The fourth-order valence-corrected chi connectivity index (χ4v) is 1.67. The van der Waals surface area contributed by atoms with Crippen molar-refractivity contribution >= 4 is 11.6 Å². The molecular formula is C13H22N4O. The van der Waals surface area contributed by atoms with Crippen molar-refractivity contribution in [3.05, 3.63) is 24.0 Å². The zero-order valence-electron chi connectivity index (χ0n) is 11.5. The van der Waals surface area contributed by atoms with Crippen molar-refractivity contribution in [3.8, 4) is 0 Å². The van der Waals surface area contributed by atoms with Gasteiger partial charge >= 0.3 is 0 Å². The number of pyridine rings is 1. The van der Waals surface area contributed by atoms with Crippen molar-refractivity contribution in [2.75, 3.05) is 12.0 Å². The summed E-state index contributed by atoms with van der Waals surface area (Å²) in [6, 6.07) is 3.59. The van der Waals surface area contributed by atoms with Gasteiger partial charge in [-0.15, -0.1) is 0 Å². The maximum Gasteiger partial charge on any atom is 0.272 e. The third-order valence-electron chi connectivity index (χ3n) is 2.60. The first-order chi connectivity index (χ1) is 8.45. The Morgan fingerprint density at radius 1 is 1.39 bits per heavy atom. The van der Waals surface area contributed by atoms with Gasteiger partial charge in [0.25, 0.3) is 5.91 Å². The summed E-state index contributed by atoms with van der Waals surface area (Å²) in [7, 11) is 0. The molecule has 0 spiro atoms. The van der Waals surface area contributed by atoms with Crippen LogP contribution in [0.15, 0.2) is 18.3 Å². The lowest BCUT2D eigenvalue weighted by molar-refractivity contribution is 0.0676. The number of amides is 1. The van der Waals surface area contributed by atoms with E-state index < -0.39 is 0 Å². The Bertz CT molecular complexity index is 386. The highest BCUT2D eigenvalue weighted by Gasteiger charge is 2.20. The monoisotopic (exact) mass is 250 g/mol. The highest BCUT2D eigenvalue weighted by atomic mass is 16.2. The number of anilines is 1. The Morgan fingerprint density at radius 3 is 2.44 bits per heavy atom. The number of aromatic nitrogens is 1. The number of carbonyl (C=O) groups is 1. The Balaban J connectivity index is 2.87. The zero-order valence-corrected chi connectivity index (χ0v) is 11.5. The molecule has 0 aliphatic heterocycles. The fourth-order valence-electron chi connectivity index (χ4n) is 1.67. The van der Waals surface area contributed by atoms with Gasteiger partial charge in [0.05, 0.1) is 11.9 Å². The minimum Gasteiger partial charge on any atom is -0.335 e. The van der Waals surface area contributed by atoms with E-state index in [1.165, 1.54) is 0 Å². The van der Waals surface area contributed by atoms with Crippen LogP contribution in [0.3, 0.4) is 0 Å². The molecule has 0 unspecified atom stereocenters. The molecule has 0 bridgehead atoms.